The number of carbonyl (C=O) groups is 1. The highest BCUT2D eigenvalue weighted by molar-refractivity contribution is 7.78. The maximum absolute atomic E-state index is 11.9. The normalized spacial score (nSPS) is 28.4. The molecule has 1 saturated heterocycles. The molecule has 0 radical (unpaired) electrons. The smallest absolute Gasteiger partial charge is 0.421 e. The van der Waals surface area contributed by atoms with Gasteiger partial charge in [-0.15, -0.1) is 0 Å². The van der Waals surface area contributed by atoms with Gasteiger partial charge in [0, 0.05) is 6.42 Å². The zero-order valence-electron chi connectivity index (χ0n) is 6.35. The molecule has 1 aliphatic rings. The Morgan fingerprint density at radius 1 is 1.77 bits per heavy atom. The summed E-state index contributed by atoms with van der Waals surface area (Å²) in [7, 11) is 0. The Labute approximate surface area is 75.1 Å². The molecule has 0 aromatic heterocycles. The van der Waals surface area contributed by atoms with Crippen molar-refractivity contribution in [2.45, 2.75) is 18.9 Å². The van der Waals surface area contributed by atoms with E-state index in [9.17, 15) is 17.8 Å². The van der Waals surface area contributed by atoms with Crippen molar-refractivity contribution in [3.05, 3.63) is 0 Å². The highest BCUT2D eigenvalue weighted by Crippen LogP contribution is 2.20. The molecule has 1 aliphatic heterocycles. The highest BCUT2D eigenvalue weighted by Gasteiger charge is 2.38. The fourth-order valence-electron chi connectivity index (χ4n) is 0.972. The molecule has 5 nitrogen and oxygen atoms in total. The van der Waals surface area contributed by atoms with E-state index in [1.807, 2.05) is 0 Å². The monoisotopic (exact) mass is 215 g/mol. The third-order valence-electron chi connectivity index (χ3n) is 1.49. The Bertz CT molecular complexity index is 237. The second-order valence-corrected chi connectivity index (χ2v) is 3.45. The van der Waals surface area contributed by atoms with Crippen molar-refractivity contribution in [2.75, 3.05) is 6.61 Å². The van der Waals surface area contributed by atoms with Crippen LogP contribution in [0, 0.1) is 0 Å². The first-order valence-corrected chi connectivity index (χ1v) is 4.41. The first kappa shape index (κ1) is 10.3. The topological polar surface area (TPSA) is 66.8 Å². The molecule has 0 bridgehead atoms. The van der Waals surface area contributed by atoms with Gasteiger partial charge in [0.1, 0.15) is 0 Å². The van der Waals surface area contributed by atoms with Crippen LogP contribution in [0.2, 0.25) is 0 Å². The molecule has 1 rings (SSSR count). The van der Waals surface area contributed by atoms with Crippen molar-refractivity contribution >= 4 is 17.4 Å². The summed E-state index contributed by atoms with van der Waals surface area (Å²) in [4.78, 5) is 10.4. The Morgan fingerprint density at radius 2 is 2.38 bits per heavy atom. The van der Waals surface area contributed by atoms with Crippen LogP contribution in [-0.4, -0.2) is 38.8 Å². The van der Waals surface area contributed by atoms with Crippen LogP contribution in [0.3, 0.4) is 0 Å². The van der Waals surface area contributed by atoms with Gasteiger partial charge in [0.25, 0.3) is 11.3 Å². The summed E-state index contributed by atoms with van der Waals surface area (Å²) in [6.45, 7) is -0.247. The highest BCUT2D eigenvalue weighted by atomic mass is 32.2. The van der Waals surface area contributed by atoms with Crippen LogP contribution in [0.5, 0.6) is 0 Å². The van der Waals surface area contributed by atoms with Crippen LogP contribution in [0.15, 0.2) is 0 Å². The fourth-order valence-corrected chi connectivity index (χ4v) is 1.88. The quantitative estimate of drug-likeness (QED) is 0.732. The van der Waals surface area contributed by atoms with E-state index in [4.69, 9.17) is 5.11 Å². The number of nitrogens with zero attached hydrogens (tertiary/aromatic N) is 1. The minimum atomic E-state index is -2.63. The van der Waals surface area contributed by atoms with E-state index in [1.54, 1.807) is 0 Å². The average Bonchev–Trinajstić information content (AvgIpc) is 2.30. The molecular formula is C5H7F2NO4S. The minimum absolute atomic E-state index is 0.247. The molecule has 0 aromatic carbocycles. The second kappa shape index (κ2) is 3.97. The number of rotatable bonds is 2. The number of amides is 1. The van der Waals surface area contributed by atoms with Crippen molar-refractivity contribution in [1.82, 2.24) is 4.31 Å². The van der Waals surface area contributed by atoms with E-state index < -0.39 is 36.2 Å². The molecule has 0 aromatic rings. The molecule has 2 atom stereocenters. The van der Waals surface area contributed by atoms with Crippen LogP contribution in [0.1, 0.15) is 6.42 Å². The molecule has 1 unspecified atom stereocenters. The molecular weight excluding hydrogens is 208 g/mol. The van der Waals surface area contributed by atoms with Crippen molar-refractivity contribution in [3.8, 4) is 0 Å². The van der Waals surface area contributed by atoms with Crippen LogP contribution in [-0.2, 0) is 15.4 Å². The van der Waals surface area contributed by atoms with Gasteiger partial charge in [0.15, 0.2) is 0 Å². The van der Waals surface area contributed by atoms with E-state index in [2.05, 4.69) is 4.18 Å². The summed E-state index contributed by atoms with van der Waals surface area (Å²) in [5, 5.41) is 8.47. The number of hydrogen-bond donors (Lipinski definition) is 1. The summed E-state index contributed by atoms with van der Waals surface area (Å²) in [5.74, 6) is 0. The summed E-state index contributed by atoms with van der Waals surface area (Å²) in [6.07, 6.45) is -4.80. The fraction of sp³-hybridized carbons (Fsp3) is 0.800. The standard InChI is InChI=1S/C5H7F2NO4S/c6-4(7)1-3-2-12-13(11)8(3)5(9)10/h3-4H,1-2H2,(H,9,10)/t3-,13?/m0/s1. The van der Waals surface area contributed by atoms with Gasteiger partial charge in [-0.25, -0.2) is 17.8 Å². The van der Waals surface area contributed by atoms with Gasteiger partial charge in [0.2, 0.25) is 6.43 Å². The zero-order chi connectivity index (χ0) is 10.0. The Morgan fingerprint density at radius 3 is 2.85 bits per heavy atom. The van der Waals surface area contributed by atoms with E-state index in [0.29, 0.717) is 4.31 Å². The Kier molecular flexibility index (Phi) is 3.15. The van der Waals surface area contributed by atoms with Gasteiger partial charge in [-0.1, -0.05) is 0 Å². The lowest BCUT2D eigenvalue weighted by Gasteiger charge is -2.15. The summed E-state index contributed by atoms with van der Waals surface area (Å²) < 4.78 is 39.4. The van der Waals surface area contributed by atoms with Crippen LogP contribution in [0.4, 0.5) is 13.6 Å². The zero-order valence-corrected chi connectivity index (χ0v) is 7.17. The largest absolute Gasteiger partial charge is 0.464 e. The van der Waals surface area contributed by atoms with E-state index in [0.717, 1.165) is 0 Å². The van der Waals surface area contributed by atoms with Crippen LogP contribution < -0.4 is 0 Å². The predicted molar refractivity (Wildman–Crippen MR) is 38.4 cm³/mol. The molecule has 0 saturated carbocycles. The Hall–Kier alpha value is -0.760. The lowest BCUT2D eigenvalue weighted by Crippen LogP contribution is -2.36. The third-order valence-corrected chi connectivity index (χ3v) is 2.61. The van der Waals surface area contributed by atoms with Gasteiger partial charge in [-0.2, -0.15) is 4.31 Å². The van der Waals surface area contributed by atoms with E-state index in [1.165, 1.54) is 0 Å². The molecule has 76 valence electrons. The molecule has 13 heavy (non-hydrogen) atoms. The van der Waals surface area contributed by atoms with Crippen LogP contribution >= 0.6 is 0 Å². The van der Waals surface area contributed by atoms with E-state index >= 15 is 0 Å². The summed E-state index contributed by atoms with van der Waals surface area (Å²) in [6, 6.07) is -1.02. The molecule has 8 heteroatoms. The van der Waals surface area contributed by atoms with Gasteiger partial charge < -0.3 is 5.11 Å². The number of halogens is 2. The maximum Gasteiger partial charge on any atom is 0.421 e. The molecule has 1 fully saturated rings. The number of hydrogen-bond acceptors (Lipinski definition) is 3. The van der Waals surface area contributed by atoms with E-state index in [-0.39, 0.29) is 6.61 Å². The SMILES string of the molecule is O=C(O)N1[C@@H](CC(F)F)COS1=O. The maximum atomic E-state index is 11.9. The second-order valence-electron chi connectivity index (χ2n) is 2.39. The van der Waals surface area contributed by atoms with Crippen molar-refractivity contribution < 1.29 is 27.1 Å². The number of carboxylic acid groups (broad SMARTS) is 1. The van der Waals surface area contributed by atoms with Gasteiger partial charge in [-0.3, -0.25) is 4.18 Å². The Balaban J connectivity index is 2.64. The van der Waals surface area contributed by atoms with Crippen LogP contribution in [0.25, 0.3) is 0 Å². The first-order chi connectivity index (χ1) is 6.02. The molecule has 1 heterocycles. The van der Waals surface area contributed by atoms with Crippen molar-refractivity contribution in [3.63, 3.8) is 0 Å². The average molecular weight is 215 g/mol. The van der Waals surface area contributed by atoms with Crippen molar-refractivity contribution in [1.29, 1.82) is 0 Å². The molecule has 1 amide bonds. The lowest BCUT2D eigenvalue weighted by molar-refractivity contribution is 0.101. The molecule has 0 spiro atoms. The summed E-state index contributed by atoms with van der Waals surface area (Å²) >= 11 is -2.14. The van der Waals surface area contributed by atoms with Gasteiger partial charge >= 0.3 is 6.09 Å². The van der Waals surface area contributed by atoms with Crippen molar-refractivity contribution in [2.24, 2.45) is 0 Å². The third kappa shape index (κ3) is 2.34. The van der Waals surface area contributed by atoms with Gasteiger partial charge in [0.05, 0.1) is 12.6 Å². The molecule has 1 N–H and O–H groups in total. The minimum Gasteiger partial charge on any atom is -0.464 e. The summed E-state index contributed by atoms with van der Waals surface area (Å²) in [5.41, 5.74) is 0. The predicted octanol–water partition coefficient (Wildman–Crippen LogP) is 0.599. The molecule has 0 aliphatic carbocycles. The first-order valence-electron chi connectivity index (χ1n) is 3.38. The van der Waals surface area contributed by atoms with Gasteiger partial charge in [-0.05, 0) is 0 Å². The lowest BCUT2D eigenvalue weighted by atomic mass is 10.2. The number of alkyl halides is 2.